The molecule has 0 aliphatic rings. The first-order valence-electron chi connectivity index (χ1n) is 6.63. The zero-order valence-corrected chi connectivity index (χ0v) is 12.5. The summed E-state index contributed by atoms with van der Waals surface area (Å²) in [5.41, 5.74) is 4.61. The molecule has 0 heterocycles. The number of hydrogen-bond donors (Lipinski definition) is 1. The van der Waals surface area contributed by atoms with E-state index < -0.39 is 0 Å². The maximum absolute atomic E-state index is 12.0. The molecule has 0 aromatic heterocycles. The molecule has 0 atom stereocenters. The Hall–Kier alpha value is -1.31. The highest BCUT2D eigenvalue weighted by molar-refractivity contribution is 5.92. The summed E-state index contributed by atoms with van der Waals surface area (Å²) < 4.78 is 0. The average Bonchev–Trinajstić information content (AvgIpc) is 2.20. The summed E-state index contributed by atoms with van der Waals surface area (Å²) in [7, 11) is 0. The maximum Gasteiger partial charge on any atom is 0.224 e. The van der Waals surface area contributed by atoms with Gasteiger partial charge in [-0.2, -0.15) is 0 Å². The van der Waals surface area contributed by atoms with E-state index >= 15 is 0 Å². The second-order valence-corrected chi connectivity index (χ2v) is 6.24. The molecule has 1 aromatic carbocycles. The van der Waals surface area contributed by atoms with Crippen molar-refractivity contribution >= 4 is 11.6 Å². The smallest absolute Gasteiger partial charge is 0.224 e. The molecule has 1 amide bonds. The number of anilines is 1. The lowest BCUT2D eigenvalue weighted by molar-refractivity contribution is -0.117. The van der Waals surface area contributed by atoms with Gasteiger partial charge in [0.1, 0.15) is 0 Å². The molecule has 0 saturated heterocycles. The fourth-order valence-corrected chi connectivity index (χ4v) is 2.12. The second-order valence-electron chi connectivity index (χ2n) is 6.24. The minimum absolute atomic E-state index is 0.0231. The van der Waals surface area contributed by atoms with Crippen molar-refractivity contribution in [1.82, 2.24) is 0 Å². The van der Waals surface area contributed by atoms with Gasteiger partial charge in [0.05, 0.1) is 0 Å². The van der Waals surface area contributed by atoms with Crippen LogP contribution >= 0.6 is 0 Å². The quantitative estimate of drug-likeness (QED) is 0.850. The Kier molecular flexibility index (Phi) is 4.55. The van der Waals surface area contributed by atoms with Gasteiger partial charge in [-0.3, -0.25) is 4.79 Å². The van der Waals surface area contributed by atoms with Gasteiger partial charge in [-0.1, -0.05) is 39.8 Å². The van der Waals surface area contributed by atoms with E-state index in [1.807, 2.05) is 0 Å². The third-order valence-corrected chi connectivity index (χ3v) is 2.96. The average molecular weight is 247 g/mol. The summed E-state index contributed by atoms with van der Waals surface area (Å²) in [5.74, 6) is 0.0953. The molecule has 18 heavy (non-hydrogen) atoms. The zero-order chi connectivity index (χ0) is 13.9. The van der Waals surface area contributed by atoms with Crippen molar-refractivity contribution in [3.8, 4) is 0 Å². The third kappa shape index (κ3) is 4.17. The highest BCUT2D eigenvalue weighted by atomic mass is 16.1. The predicted molar refractivity (Wildman–Crippen MR) is 78.0 cm³/mol. The monoisotopic (exact) mass is 247 g/mol. The Morgan fingerprint density at radius 2 is 1.67 bits per heavy atom. The van der Waals surface area contributed by atoms with Crippen molar-refractivity contribution in [1.29, 1.82) is 0 Å². The molecule has 0 radical (unpaired) electrons. The molecule has 0 aliphatic heterocycles. The van der Waals surface area contributed by atoms with Crippen LogP contribution in [-0.2, 0) is 11.2 Å². The van der Waals surface area contributed by atoms with Gasteiger partial charge >= 0.3 is 0 Å². The van der Waals surface area contributed by atoms with Gasteiger partial charge in [0.25, 0.3) is 0 Å². The van der Waals surface area contributed by atoms with Crippen LogP contribution in [0.3, 0.4) is 0 Å². The number of carbonyl (C=O) groups is 1. The molecule has 0 saturated carbocycles. The van der Waals surface area contributed by atoms with Crippen molar-refractivity contribution in [2.24, 2.45) is 5.41 Å². The summed E-state index contributed by atoms with van der Waals surface area (Å²) in [5, 5.41) is 3.05. The predicted octanol–water partition coefficient (Wildman–Crippen LogP) is 4.24. The van der Waals surface area contributed by atoms with Crippen LogP contribution in [0.1, 0.15) is 50.8 Å². The summed E-state index contributed by atoms with van der Waals surface area (Å²) in [4.78, 5) is 12.0. The van der Waals surface area contributed by atoms with Crippen LogP contribution in [0.2, 0.25) is 0 Å². The Balaban J connectivity index is 2.88. The van der Waals surface area contributed by atoms with E-state index in [1.165, 1.54) is 5.56 Å². The molecular formula is C16H25NO. The molecule has 1 rings (SSSR count). The van der Waals surface area contributed by atoms with Gasteiger partial charge in [0.2, 0.25) is 5.91 Å². The molecule has 0 unspecified atom stereocenters. The largest absolute Gasteiger partial charge is 0.326 e. The van der Waals surface area contributed by atoms with Gasteiger partial charge in [-0.25, -0.2) is 0 Å². The van der Waals surface area contributed by atoms with Crippen molar-refractivity contribution in [2.75, 3.05) is 5.32 Å². The second kappa shape index (κ2) is 5.55. The first-order valence-corrected chi connectivity index (χ1v) is 6.63. The van der Waals surface area contributed by atoms with Crippen molar-refractivity contribution in [2.45, 2.75) is 54.4 Å². The Bertz CT molecular complexity index is 418. The Morgan fingerprint density at radius 3 is 2.06 bits per heavy atom. The summed E-state index contributed by atoms with van der Waals surface area (Å²) >= 11 is 0. The maximum atomic E-state index is 12.0. The molecule has 2 nitrogen and oxygen atoms in total. The van der Waals surface area contributed by atoms with Gasteiger partial charge in [0.15, 0.2) is 0 Å². The van der Waals surface area contributed by atoms with Crippen molar-refractivity contribution in [3.63, 3.8) is 0 Å². The molecule has 0 aliphatic carbocycles. The minimum atomic E-state index is 0.0231. The fourth-order valence-electron chi connectivity index (χ4n) is 2.12. The Labute approximate surface area is 111 Å². The van der Waals surface area contributed by atoms with E-state index in [9.17, 15) is 4.79 Å². The van der Waals surface area contributed by atoms with Crippen LogP contribution < -0.4 is 5.32 Å². The molecular weight excluding hydrogens is 222 g/mol. The van der Waals surface area contributed by atoms with E-state index in [4.69, 9.17) is 0 Å². The normalized spacial score (nSPS) is 11.4. The number of hydrogen-bond acceptors (Lipinski definition) is 1. The molecule has 0 spiro atoms. The van der Waals surface area contributed by atoms with Gasteiger partial charge in [-0.05, 0) is 42.4 Å². The molecule has 0 fully saturated rings. The lowest BCUT2D eigenvalue weighted by Gasteiger charge is -2.19. The van der Waals surface area contributed by atoms with Crippen molar-refractivity contribution in [3.05, 3.63) is 28.8 Å². The molecule has 1 aromatic rings. The number of aryl methyl sites for hydroxylation is 3. The minimum Gasteiger partial charge on any atom is -0.326 e. The molecule has 100 valence electrons. The number of carbonyl (C=O) groups excluding carboxylic acids is 1. The SMILES string of the molecule is CCc1cc(C)c(NC(=O)CC(C)(C)C)c(C)c1. The summed E-state index contributed by atoms with van der Waals surface area (Å²) in [6.45, 7) is 12.5. The van der Waals surface area contributed by atoms with Crippen LogP contribution in [0.15, 0.2) is 12.1 Å². The van der Waals surface area contributed by atoms with E-state index in [-0.39, 0.29) is 11.3 Å². The van der Waals surface area contributed by atoms with Gasteiger partial charge < -0.3 is 5.32 Å². The fraction of sp³-hybridized carbons (Fsp3) is 0.562. The van der Waals surface area contributed by atoms with Crippen LogP contribution in [-0.4, -0.2) is 5.91 Å². The summed E-state index contributed by atoms with van der Waals surface area (Å²) in [6.07, 6.45) is 1.57. The number of nitrogens with one attached hydrogen (secondary N) is 1. The van der Waals surface area contributed by atoms with E-state index in [2.05, 4.69) is 59.0 Å². The number of amides is 1. The Morgan fingerprint density at radius 1 is 1.17 bits per heavy atom. The topological polar surface area (TPSA) is 29.1 Å². The highest BCUT2D eigenvalue weighted by Gasteiger charge is 2.17. The highest BCUT2D eigenvalue weighted by Crippen LogP contribution is 2.25. The zero-order valence-electron chi connectivity index (χ0n) is 12.5. The first-order chi connectivity index (χ1) is 8.23. The van der Waals surface area contributed by atoms with E-state index in [0.29, 0.717) is 6.42 Å². The molecule has 2 heteroatoms. The number of benzene rings is 1. The van der Waals surface area contributed by atoms with Crippen LogP contribution in [0, 0.1) is 19.3 Å². The summed E-state index contributed by atoms with van der Waals surface area (Å²) in [6, 6.07) is 4.30. The van der Waals surface area contributed by atoms with Crippen molar-refractivity contribution < 1.29 is 4.79 Å². The molecule has 1 N–H and O–H groups in total. The van der Waals surface area contributed by atoms with E-state index in [0.717, 1.165) is 23.2 Å². The van der Waals surface area contributed by atoms with Crippen LogP contribution in [0.4, 0.5) is 5.69 Å². The van der Waals surface area contributed by atoms with Gasteiger partial charge in [0, 0.05) is 12.1 Å². The number of rotatable bonds is 3. The molecule has 0 bridgehead atoms. The standard InChI is InChI=1S/C16H25NO/c1-7-13-8-11(2)15(12(3)9-13)17-14(18)10-16(4,5)6/h8-9H,7,10H2,1-6H3,(H,17,18). The first kappa shape index (κ1) is 14.7. The van der Waals surface area contributed by atoms with Crippen LogP contribution in [0.25, 0.3) is 0 Å². The van der Waals surface area contributed by atoms with Crippen LogP contribution in [0.5, 0.6) is 0 Å². The third-order valence-electron chi connectivity index (χ3n) is 2.96. The van der Waals surface area contributed by atoms with Gasteiger partial charge in [-0.15, -0.1) is 0 Å². The lowest BCUT2D eigenvalue weighted by Crippen LogP contribution is -2.20. The van der Waals surface area contributed by atoms with E-state index in [1.54, 1.807) is 0 Å². The lowest BCUT2D eigenvalue weighted by atomic mass is 9.91.